The molecule has 12 N–H and O–H groups in total. The van der Waals surface area contributed by atoms with E-state index in [1.165, 1.54) is 17.8 Å². The van der Waals surface area contributed by atoms with E-state index in [0.29, 0.717) is 31.1 Å². The van der Waals surface area contributed by atoms with Crippen LogP contribution in [-0.4, -0.2) is 156 Å². The molecule has 4 aliphatic carbocycles. The maximum atomic E-state index is 13.6. The van der Waals surface area contributed by atoms with Gasteiger partial charge in [-0.3, -0.25) is 18.7 Å². The molecular formula is C41H58N7O18P. The van der Waals surface area contributed by atoms with Gasteiger partial charge >= 0.3 is 19.5 Å². The van der Waals surface area contributed by atoms with Crippen LogP contribution in [0.15, 0.2) is 34.9 Å². The number of fused-ring (bicyclic) bond motifs is 5. The van der Waals surface area contributed by atoms with Crippen LogP contribution < -0.4 is 16.7 Å². The van der Waals surface area contributed by atoms with Crippen molar-refractivity contribution in [1.82, 2.24) is 29.9 Å². The van der Waals surface area contributed by atoms with E-state index in [-0.39, 0.29) is 28.6 Å². The van der Waals surface area contributed by atoms with Crippen LogP contribution in [0.5, 0.6) is 0 Å². The number of nitrogen functional groups attached to an aromatic ring is 1. The van der Waals surface area contributed by atoms with Gasteiger partial charge in [-0.15, -0.1) is 5.10 Å². The quantitative estimate of drug-likeness (QED) is 0.0888. The Kier molecular flexibility index (Phi) is 13.3. The van der Waals surface area contributed by atoms with E-state index in [4.69, 9.17) is 24.3 Å². The normalized spacial score (nSPS) is 40.1. The number of ether oxygens (including phenoxy) is 2. The molecule has 0 aromatic carbocycles. The van der Waals surface area contributed by atoms with Gasteiger partial charge in [-0.05, 0) is 80.3 Å². The second-order valence-electron chi connectivity index (χ2n) is 19.3. The van der Waals surface area contributed by atoms with Crippen molar-refractivity contribution in [2.45, 2.75) is 145 Å². The van der Waals surface area contributed by atoms with E-state index in [2.05, 4.69) is 34.5 Å². The summed E-state index contributed by atoms with van der Waals surface area (Å²) in [5, 5.41) is 97.1. The lowest BCUT2D eigenvalue weighted by Gasteiger charge is -2.59. The number of rotatable bonds is 14. The first-order valence-corrected chi connectivity index (χ1v) is 23.7. The van der Waals surface area contributed by atoms with Crippen LogP contribution in [0.1, 0.15) is 83.6 Å². The van der Waals surface area contributed by atoms with Gasteiger partial charge in [-0.25, -0.2) is 23.4 Å². The maximum absolute atomic E-state index is 13.6. The Morgan fingerprint density at radius 2 is 1.81 bits per heavy atom. The zero-order chi connectivity index (χ0) is 48.6. The molecule has 1 amide bonds. The summed E-state index contributed by atoms with van der Waals surface area (Å²) in [5.74, 6) is -5.47. The van der Waals surface area contributed by atoms with Crippen LogP contribution in [-0.2, 0) is 49.6 Å². The average Bonchev–Trinajstić information content (AvgIpc) is 3.94. The predicted octanol–water partition coefficient (Wildman–Crippen LogP) is -2.28. The molecule has 25 nitrogen and oxygen atoms in total. The van der Waals surface area contributed by atoms with Crippen molar-refractivity contribution in [2.75, 3.05) is 18.9 Å². The number of ketones is 1. The van der Waals surface area contributed by atoms with Crippen molar-refractivity contribution in [3.8, 4) is 0 Å². The first kappa shape index (κ1) is 49.3. The number of hydrogen-bond acceptors (Lipinski definition) is 20. The largest absolute Gasteiger partial charge is 0.477 e. The lowest BCUT2D eigenvalue weighted by molar-refractivity contribution is -0.289. The van der Waals surface area contributed by atoms with Crippen LogP contribution in [0.4, 0.5) is 5.82 Å². The Morgan fingerprint density at radius 1 is 1.07 bits per heavy atom. The zero-order valence-electron chi connectivity index (χ0n) is 36.7. The third-order valence-corrected chi connectivity index (χ3v) is 16.7. The van der Waals surface area contributed by atoms with Crippen LogP contribution in [0.3, 0.4) is 0 Å². The number of phosphoric ester groups is 1. The number of anilines is 1. The molecule has 0 bridgehead atoms. The van der Waals surface area contributed by atoms with E-state index in [1.807, 2.05) is 6.08 Å². The third kappa shape index (κ3) is 8.69. The number of nitrogens with one attached hydrogen (secondary N) is 1. The first-order valence-electron chi connectivity index (χ1n) is 22.2. The minimum absolute atomic E-state index is 0.0641. The third-order valence-electron chi connectivity index (χ3n) is 15.7. The molecule has 5 fully saturated rings. The average molecular weight is 968 g/mol. The fourth-order valence-electron chi connectivity index (χ4n) is 12.0. The highest BCUT2D eigenvalue weighted by Gasteiger charge is 2.65. The van der Waals surface area contributed by atoms with Crippen molar-refractivity contribution in [2.24, 2.45) is 28.6 Å². The number of carboxylic acid groups (broad SMARTS) is 1. The number of nitrogens with two attached hydrogens (primary N) is 1. The second kappa shape index (κ2) is 18.0. The molecule has 8 rings (SSSR count). The summed E-state index contributed by atoms with van der Waals surface area (Å²) in [6, 6.07) is -0.566. The Labute approximate surface area is 382 Å². The summed E-state index contributed by atoms with van der Waals surface area (Å²) < 4.78 is 36.1. The fraction of sp³-hybridized carbons (Fsp3) is 0.732. The molecule has 3 saturated carbocycles. The summed E-state index contributed by atoms with van der Waals surface area (Å²) in [7, 11) is -5.66. The Hall–Kier alpha value is -4.08. The summed E-state index contributed by atoms with van der Waals surface area (Å²) in [6.45, 7) is 1.58. The van der Waals surface area contributed by atoms with Gasteiger partial charge in [0.25, 0.3) is 5.79 Å². The van der Waals surface area contributed by atoms with Gasteiger partial charge in [-0.2, -0.15) is 4.98 Å². The van der Waals surface area contributed by atoms with Gasteiger partial charge in [0.05, 0.1) is 31.6 Å². The van der Waals surface area contributed by atoms with Crippen LogP contribution in [0.2, 0.25) is 0 Å². The highest BCUT2D eigenvalue weighted by Crippen LogP contribution is 2.69. The van der Waals surface area contributed by atoms with E-state index in [9.17, 15) is 69.5 Å². The monoisotopic (exact) mass is 967 g/mol. The van der Waals surface area contributed by atoms with Crippen molar-refractivity contribution in [3.05, 3.63) is 46.3 Å². The minimum Gasteiger partial charge on any atom is -0.477 e. The number of aliphatic hydroxyl groups excluding tert-OH is 6. The highest BCUT2D eigenvalue weighted by molar-refractivity contribution is 7.47. The lowest BCUT2D eigenvalue weighted by atomic mass is 9.46. The summed E-state index contributed by atoms with van der Waals surface area (Å²) in [4.78, 5) is 65.2. The number of carbonyl (C=O) groups excluding carboxylic acids is 2. The number of carboxylic acids is 1. The molecule has 26 heteroatoms. The van der Waals surface area contributed by atoms with Crippen LogP contribution >= 0.6 is 7.82 Å². The second-order valence-corrected chi connectivity index (χ2v) is 20.7. The molecule has 1 unspecified atom stereocenters. The standard InChI is InChI=1S/C41H58N7O18P/c1-38-9-5-20(50)13-19(38)3-4-21-22(38)6-10-39(2)23(21)7-11-40(39,60)27-15-47(46-45-27)16-29(53)44-30-24(51)14-41(36(57)58,65-34(30)31(54)25(52)17-49)66-67(61,62)63-18-26-32(55)33(56)35(64-26)48-12-8-28(42)43-37(48)59/h8,12-13,15,21-26,30-35,49,51-52,54-56,60H,3-7,9-11,14,16-18H2,1-2H3,(H,44,53)(H,57,58)(H,61,62)(H2,42,43,59)/t21-,22+,23+,24+,25-,26-,30-,31-,32-,33-,34-,35-,38+,39+,40-,41-/m1/s1. The molecule has 2 saturated heterocycles. The SMILES string of the molecule is C[C@]12CCC(=O)C=C1CC[C@@H]1[C@@H]2CC[C@@]2(C)[C@H]1CC[C@@]2(O)c1cn(CC(=O)N[C@H]2[C@H]([C@H](O)[C@H](O)CO)O[C@](OP(=O)(O)OC[C@H]3O[C@@H](n4ccc(N)nc4=O)[C@H](O)[C@@H]3O)(C(=O)O)C[C@@H]2O)nn1. The van der Waals surface area contributed by atoms with Gasteiger partial charge in [0.1, 0.15) is 60.3 Å². The number of nitrogens with zero attached hydrogens (tertiary/aromatic N) is 5. The minimum atomic E-state index is -5.66. The van der Waals surface area contributed by atoms with Crippen molar-refractivity contribution >= 4 is 31.3 Å². The Balaban J connectivity index is 0.935. The summed E-state index contributed by atoms with van der Waals surface area (Å²) >= 11 is 0. The predicted molar refractivity (Wildman–Crippen MR) is 223 cm³/mol. The molecule has 370 valence electrons. The molecule has 2 aromatic heterocycles. The number of phosphoric acid groups is 1. The van der Waals surface area contributed by atoms with E-state index in [1.54, 1.807) is 0 Å². The van der Waals surface area contributed by atoms with Gasteiger partial charge in [0, 0.05) is 24.5 Å². The topological polar surface area (TPSA) is 391 Å². The van der Waals surface area contributed by atoms with Crippen LogP contribution in [0.25, 0.3) is 0 Å². The van der Waals surface area contributed by atoms with E-state index in [0.717, 1.165) is 47.5 Å². The van der Waals surface area contributed by atoms with Gasteiger partial charge in [0.2, 0.25) is 5.91 Å². The zero-order valence-corrected chi connectivity index (χ0v) is 37.6. The number of allylic oxidation sites excluding steroid dienone is 1. The molecule has 6 aliphatic rings. The molecule has 67 heavy (non-hydrogen) atoms. The van der Waals surface area contributed by atoms with Gasteiger partial charge < -0.3 is 66.3 Å². The molecule has 2 aliphatic heterocycles. The molecule has 4 heterocycles. The van der Waals surface area contributed by atoms with E-state index >= 15 is 0 Å². The molecular weight excluding hydrogens is 909 g/mol. The summed E-state index contributed by atoms with van der Waals surface area (Å²) in [5.41, 5.74) is 3.99. The maximum Gasteiger partial charge on any atom is 0.475 e. The lowest BCUT2D eigenvalue weighted by Crippen LogP contribution is -2.68. The number of aliphatic carboxylic acids is 1. The van der Waals surface area contributed by atoms with Crippen molar-refractivity contribution in [3.63, 3.8) is 0 Å². The molecule has 2 aromatic rings. The highest BCUT2D eigenvalue weighted by atomic mass is 31.2. The number of hydrogen-bond donors (Lipinski definition) is 11. The molecule has 17 atom stereocenters. The van der Waals surface area contributed by atoms with Gasteiger partial charge in [-0.1, -0.05) is 24.6 Å². The molecule has 0 spiro atoms. The smallest absolute Gasteiger partial charge is 0.475 e. The number of aliphatic hydroxyl groups is 7. The Bertz CT molecular complexity index is 2390. The summed E-state index contributed by atoms with van der Waals surface area (Å²) in [6.07, 6.45) is -6.38. The number of aromatic nitrogens is 5. The van der Waals surface area contributed by atoms with E-state index < -0.39 is 123 Å². The number of amides is 1. The fourth-order valence-corrected chi connectivity index (χ4v) is 13.0. The van der Waals surface area contributed by atoms with Gasteiger partial charge in [0.15, 0.2) is 12.0 Å². The Morgan fingerprint density at radius 3 is 2.51 bits per heavy atom. The first-order chi connectivity index (χ1) is 31.5. The van der Waals surface area contributed by atoms with Crippen LogP contribution in [0, 0.1) is 28.6 Å². The van der Waals surface area contributed by atoms with Crippen molar-refractivity contribution in [1.29, 1.82) is 0 Å². The molecule has 0 radical (unpaired) electrons. The number of carbonyl (C=O) groups is 3. The van der Waals surface area contributed by atoms with Crippen molar-refractivity contribution < 1.29 is 83.2 Å².